The number of hydrogen-bond donors (Lipinski definition) is 0. The van der Waals surface area contributed by atoms with Crippen molar-refractivity contribution >= 4 is 0 Å². The maximum atomic E-state index is 5.78. The predicted molar refractivity (Wildman–Crippen MR) is 70.5 cm³/mol. The van der Waals surface area contributed by atoms with E-state index in [1.165, 1.54) is 42.6 Å². The van der Waals surface area contributed by atoms with Crippen LogP contribution >= 0.6 is 0 Å². The minimum atomic E-state index is 0.654. The van der Waals surface area contributed by atoms with E-state index in [4.69, 9.17) is 4.74 Å². The average Bonchev–Trinajstić information content (AvgIpc) is 2.96. The second kappa shape index (κ2) is 4.04. The minimum absolute atomic E-state index is 0.654. The first-order valence-corrected chi connectivity index (χ1v) is 6.95. The fraction of sp³-hybridized carbons (Fsp3) is 0.625. The van der Waals surface area contributed by atoms with Crippen molar-refractivity contribution in [3.63, 3.8) is 0 Å². The van der Waals surface area contributed by atoms with Crippen molar-refractivity contribution < 1.29 is 4.74 Å². The molecular weight excluding hydrogens is 208 g/mol. The molecule has 1 saturated carbocycles. The molecule has 2 aliphatic rings. The number of ether oxygens (including phenoxy) is 1. The predicted octanol–water partition coefficient (Wildman–Crippen LogP) is 3.99. The monoisotopic (exact) mass is 230 g/mol. The van der Waals surface area contributed by atoms with E-state index in [0.717, 1.165) is 18.9 Å². The molecule has 1 heteroatoms. The van der Waals surface area contributed by atoms with E-state index in [1.54, 1.807) is 0 Å². The minimum Gasteiger partial charge on any atom is -0.493 e. The summed E-state index contributed by atoms with van der Waals surface area (Å²) in [4.78, 5) is 0. The lowest BCUT2D eigenvalue weighted by atomic mass is 9.86. The lowest BCUT2D eigenvalue weighted by Crippen LogP contribution is -2.10. The molecule has 0 unspecified atom stereocenters. The number of benzene rings is 1. The standard InChI is InChI=1S/C16H22O/c1-12(2)16(9-10-16)8-6-13-4-3-5-14-7-11-17-15(13)14/h3-5,12H,6-11H2,1-2H3. The van der Waals surface area contributed by atoms with Crippen LogP contribution in [0.2, 0.25) is 0 Å². The van der Waals surface area contributed by atoms with Gasteiger partial charge in [0.2, 0.25) is 0 Å². The fourth-order valence-electron chi connectivity index (χ4n) is 3.14. The Hall–Kier alpha value is -0.980. The van der Waals surface area contributed by atoms with Gasteiger partial charge in [0.1, 0.15) is 5.75 Å². The highest BCUT2D eigenvalue weighted by Gasteiger charge is 2.44. The molecule has 1 aliphatic carbocycles. The summed E-state index contributed by atoms with van der Waals surface area (Å²) in [5, 5.41) is 0. The summed E-state index contributed by atoms with van der Waals surface area (Å²) in [6.45, 7) is 5.62. The van der Waals surface area contributed by atoms with E-state index in [-0.39, 0.29) is 0 Å². The maximum Gasteiger partial charge on any atom is 0.125 e. The Bertz CT molecular complexity index is 416. The molecule has 0 aromatic heterocycles. The second-order valence-corrected chi connectivity index (χ2v) is 6.02. The molecule has 0 spiro atoms. The highest BCUT2D eigenvalue weighted by Crippen LogP contribution is 2.55. The number of aryl methyl sites for hydroxylation is 1. The number of hydrogen-bond acceptors (Lipinski definition) is 1. The van der Waals surface area contributed by atoms with Crippen LogP contribution in [0, 0.1) is 11.3 Å². The van der Waals surface area contributed by atoms with Gasteiger partial charge >= 0.3 is 0 Å². The molecule has 1 aromatic rings. The van der Waals surface area contributed by atoms with Crippen LogP contribution in [-0.2, 0) is 12.8 Å². The Morgan fingerprint density at radius 2 is 2.12 bits per heavy atom. The van der Waals surface area contributed by atoms with Crippen molar-refractivity contribution in [2.24, 2.45) is 11.3 Å². The Morgan fingerprint density at radius 3 is 2.82 bits per heavy atom. The lowest BCUT2D eigenvalue weighted by molar-refractivity contribution is 0.326. The van der Waals surface area contributed by atoms with Gasteiger partial charge in [0.15, 0.2) is 0 Å². The van der Waals surface area contributed by atoms with Crippen molar-refractivity contribution in [2.45, 2.75) is 46.0 Å². The van der Waals surface area contributed by atoms with E-state index in [1.807, 2.05) is 0 Å². The zero-order chi connectivity index (χ0) is 11.9. The molecule has 0 bridgehead atoms. The molecule has 0 amide bonds. The summed E-state index contributed by atoms with van der Waals surface area (Å²) < 4.78 is 5.78. The Morgan fingerprint density at radius 1 is 1.29 bits per heavy atom. The van der Waals surface area contributed by atoms with Gasteiger partial charge in [0.25, 0.3) is 0 Å². The molecule has 1 aliphatic heterocycles. The summed E-state index contributed by atoms with van der Waals surface area (Å²) in [5.41, 5.74) is 3.50. The third-order valence-electron chi connectivity index (χ3n) is 4.81. The van der Waals surface area contributed by atoms with Gasteiger partial charge < -0.3 is 4.74 Å². The van der Waals surface area contributed by atoms with Gasteiger partial charge in [0.05, 0.1) is 6.61 Å². The van der Waals surface area contributed by atoms with Gasteiger partial charge in [-0.3, -0.25) is 0 Å². The zero-order valence-electron chi connectivity index (χ0n) is 11.0. The summed E-state index contributed by atoms with van der Waals surface area (Å²) >= 11 is 0. The largest absolute Gasteiger partial charge is 0.493 e. The molecule has 1 aromatic carbocycles. The second-order valence-electron chi connectivity index (χ2n) is 6.02. The summed E-state index contributed by atoms with van der Waals surface area (Å²) in [6.07, 6.45) is 6.49. The third kappa shape index (κ3) is 1.96. The van der Waals surface area contributed by atoms with Gasteiger partial charge in [-0.15, -0.1) is 0 Å². The van der Waals surface area contributed by atoms with Crippen molar-refractivity contribution in [3.8, 4) is 5.75 Å². The first-order valence-electron chi connectivity index (χ1n) is 6.95. The first kappa shape index (κ1) is 11.1. The summed E-state index contributed by atoms with van der Waals surface area (Å²) in [5.74, 6) is 2.03. The molecule has 0 atom stereocenters. The van der Waals surface area contributed by atoms with Crippen molar-refractivity contribution in [1.82, 2.24) is 0 Å². The van der Waals surface area contributed by atoms with E-state index < -0.39 is 0 Å². The molecule has 1 fully saturated rings. The topological polar surface area (TPSA) is 9.23 Å². The molecule has 1 heterocycles. The normalized spacial score (nSPS) is 20.2. The lowest BCUT2D eigenvalue weighted by Gasteiger charge is -2.20. The molecule has 0 radical (unpaired) electrons. The Kier molecular flexibility index (Phi) is 2.65. The molecule has 92 valence electrons. The molecular formula is C16H22O. The number of fused-ring (bicyclic) bond motifs is 1. The molecule has 0 N–H and O–H groups in total. The highest BCUT2D eigenvalue weighted by atomic mass is 16.5. The first-order chi connectivity index (χ1) is 8.21. The van der Waals surface area contributed by atoms with Gasteiger partial charge in [-0.2, -0.15) is 0 Å². The van der Waals surface area contributed by atoms with E-state index >= 15 is 0 Å². The van der Waals surface area contributed by atoms with Crippen LogP contribution in [0.5, 0.6) is 5.75 Å². The molecule has 17 heavy (non-hydrogen) atoms. The van der Waals surface area contributed by atoms with Gasteiger partial charge in [0, 0.05) is 6.42 Å². The smallest absolute Gasteiger partial charge is 0.125 e. The highest BCUT2D eigenvalue weighted by molar-refractivity contribution is 5.44. The van der Waals surface area contributed by atoms with Gasteiger partial charge in [-0.1, -0.05) is 32.0 Å². The van der Waals surface area contributed by atoms with E-state index in [9.17, 15) is 0 Å². The van der Waals surface area contributed by atoms with Crippen LogP contribution in [0.4, 0.5) is 0 Å². The van der Waals surface area contributed by atoms with Gasteiger partial charge in [-0.05, 0) is 48.1 Å². The summed E-state index contributed by atoms with van der Waals surface area (Å²) in [7, 11) is 0. The fourth-order valence-corrected chi connectivity index (χ4v) is 3.14. The molecule has 0 saturated heterocycles. The van der Waals surface area contributed by atoms with Crippen molar-refractivity contribution in [1.29, 1.82) is 0 Å². The molecule has 3 rings (SSSR count). The maximum absolute atomic E-state index is 5.78. The van der Waals surface area contributed by atoms with Crippen LogP contribution in [0.3, 0.4) is 0 Å². The average molecular weight is 230 g/mol. The van der Waals surface area contributed by atoms with Crippen LogP contribution in [0.1, 0.15) is 44.2 Å². The van der Waals surface area contributed by atoms with E-state index in [2.05, 4.69) is 32.0 Å². The van der Waals surface area contributed by atoms with Crippen LogP contribution < -0.4 is 4.74 Å². The van der Waals surface area contributed by atoms with Crippen molar-refractivity contribution in [3.05, 3.63) is 29.3 Å². The number of rotatable bonds is 4. The quantitative estimate of drug-likeness (QED) is 0.760. The number of para-hydroxylation sites is 1. The van der Waals surface area contributed by atoms with E-state index in [0.29, 0.717) is 5.41 Å². The Balaban J connectivity index is 1.72. The van der Waals surface area contributed by atoms with Crippen LogP contribution in [-0.4, -0.2) is 6.61 Å². The van der Waals surface area contributed by atoms with Gasteiger partial charge in [-0.25, -0.2) is 0 Å². The zero-order valence-corrected chi connectivity index (χ0v) is 11.0. The van der Waals surface area contributed by atoms with Crippen LogP contribution in [0.25, 0.3) is 0 Å². The summed E-state index contributed by atoms with van der Waals surface area (Å²) in [6, 6.07) is 6.65. The third-order valence-corrected chi connectivity index (χ3v) is 4.81. The Labute approximate surface area is 104 Å². The van der Waals surface area contributed by atoms with Crippen LogP contribution in [0.15, 0.2) is 18.2 Å². The van der Waals surface area contributed by atoms with Crippen molar-refractivity contribution in [2.75, 3.05) is 6.61 Å². The molecule has 1 nitrogen and oxygen atoms in total. The SMILES string of the molecule is CC(C)C1(CCc2cccc3c2OCC3)CC1.